The lowest BCUT2D eigenvalue weighted by molar-refractivity contribution is 0.845. The SMILES string of the molecule is [c]1ccc(CCCC2=NCCN2)cc1. The highest BCUT2D eigenvalue weighted by molar-refractivity contribution is 5.83. The van der Waals surface area contributed by atoms with Crippen LogP contribution >= 0.6 is 0 Å². The molecule has 1 aromatic rings. The number of rotatable bonds is 4. The highest BCUT2D eigenvalue weighted by atomic mass is 15.1. The zero-order chi connectivity index (χ0) is 9.64. The maximum atomic E-state index is 4.37. The van der Waals surface area contributed by atoms with Gasteiger partial charge in [0.15, 0.2) is 0 Å². The van der Waals surface area contributed by atoms with E-state index in [1.807, 2.05) is 12.1 Å². The Morgan fingerprint density at radius 3 is 2.86 bits per heavy atom. The van der Waals surface area contributed by atoms with Gasteiger partial charge in [-0.1, -0.05) is 24.3 Å². The minimum Gasteiger partial charge on any atom is -0.372 e. The van der Waals surface area contributed by atoms with Crippen LogP contribution in [0.15, 0.2) is 29.3 Å². The van der Waals surface area contributed by atoms with Crippen molar-refractivity contribution in [2.75, 3.05) is 13.1 Å². The molecule has 0 aromatic heterocycles. The predicted molar refractivity (Wildman–Crippen MR) is 58.5 cm³/mol. The van der Waals surface area contributed by atoms with Gasteiger partial charge < -0.3 is 5.32 Å². The predicted octanol–water partition coefficient (Wildman–Crippen LogP) is 1.81. The molecular formula is C12H15N2. The Balaban J connectivity index is 1.73. The Morgan fingerprint density at radius 1 is 1.29 bits per heavy atom. The summed E-state index contributed by atoms with van der Waals surface area (Å²) in [5.74, 6) is 1.19. The van der Waals surface area contributed by atoms with E-state index in [-0.39, 0.29) is 0 Å². The van der Waals surface area contributed by atoms with Gasteiger partial charge in [-0.05, 0) is 24.5 Å². The van der Waals surface area contributed by atoms with E-state index in [1.54, 1.807) is 0 Å². The van der Waals surface area contributed by atoms with Gasteiger partial charge in [-0.2, -0.15) is 0 Å². The van der Waals surface area contributed by atoms with Crippen LogP contribution in [0, 0.1) is 6.07 Å². The van der Waals surface area contributed by atoms with Crippen LogP contribution in [0.25, 0.3) is 0 Å². The molecule has 0 saturated carbocycles. The number of benzene rings is 1. The lowest BCUT2D eigenvalue weighted by Crippen LogP contribution is -2.18. The average molecular weight is 187 g/mol. The fourth-order valence-corrected chi connectivity index (χ4v) is 1.66. The van der Waals surface area contributed by atoms with Gasteiger partial charge in [0.2, 0.25) is 0 Å². The maximum Gasteiger partial charge on any atom is 0.0964 e. The maximum absolute atomic E-state index is 4.37. The van der Waals surface area contributed by atoms with E-state index in [0.717, 1.165) is 25.9 Å². The van der Waals surface area contributed by atoms with Crippen LogP contribution in [-0.4, -0.2) is 18.9 Å². The fourth-order valence-electron chi connectivity index (χ4n) is 1.66. The summed E-state index contributed by atoms with van der Waals surface area (Å²) in [4.78, 5) is 4.37. The lowest BCUT2D eigenvalue weighted by Gasteiger charge is -2.02. The molecule has 1 aliphatic rings. The van der Waals surface area contributed by atoms with Gasteiger partial charge in [-0.25, -0.2) is 0 Å². The highest BCUT2D eigenvalue weighted by Gasteiger charge is 2.03. The Kier molecular flexibility index (Phi) is 3.17. The Hall–Kier alpha value is -1.31. The van der Waals surface area contributed by atoms with E-state index >= 15 is 0 Å². The molecule has 0 fully saturated rings. The molecular weight excluding hydrogens is 172 g/mol. The minimum absolute atomic E-state index is 0.954. The second-order valence-corrected chi connectivity index (χ2v) is 3.52. The Bertz CT molecular complexity index is 303. The summed E-state index contributed by atoms with van der Waals surface area (Å²) < 4.78 is 0. The van der Waals surface area contributed by atoms with Crippen molar-refractivity contribution in [2.45, 2.75) is 19.3 Å². The van der Waals surface area contributed by atoms with Crippen LogP contribution in [-0.2, 0) is 6.42 Å². The lowest BCUT2D eigenvalue weighted by atomic mass is 10.1. The molecule has 0 atom stereocenters. The van der Waals surface area contributed by atoms with Gasteiger partial charge in [-0.15, -0.1) is 0 Å². The number of nitrogens with one attached hydrogen (secondary N) is 1. The van der Waals surface area contributed by atoms with Gasteiger partial charge in [0.1, 0.15) is 0 Å². The molecule has 1 radical (unpaired) electrons. The summed E-state index contributed by atoms with van der Waals surface area (Å²) in [6.45, 7) is 1.98. The van der Waals surface area contributed by atoms with Gasteiger partial charge in [-0.3, -0.25) is 4.99 Å². The van der Waals surface area contributed by atoms with E-state index in [9.17, 15) is 0 Å². The van der Waals surface area contributed by atoms with Gasteiger partial charge in [0, 0.05) is 13.0 Å². The molecule has 0 saturated heterocycles. The minimum atomic E-state index is 0.954. The topological polar surface area (TPSA) is 24.4 Å². The van der Waals surface area contributed by atoms with Gasteiger partial charge in [0.25, 0.3) is 0 Å². The van der Waals surface area contributed by atoms with Crippen molar-refractivity contribution in [2.24, 2.45) is 4.99 Å². The van der Waals surface area contributed by atoms with Crippen LogP contribution in [0.4, 0.5) is 0 Å². The van der Waals surface area contributed by atoms with E-state index < -0.39 is 0 Å². The molecule has 0 amide bonds. The van der Waals surface area contributed by atoms with E-state index in [4.69, 9.17) is 0 Å². The molecule has 0 bridgehead atoms. The molecule has 1 aliphatic heterocycles. The largest absolute Gasteiger partial charge is 0.372 e. The Labute approximate surface area is 85.1 Å². The summed E-state index contributed by atoms with van der Waals surface area (Å²) in [6.07, 6.45) is 3.39. The van der Waals surface area contributed by atoms with Crippen molar-refractivity contribution in [1.29, 1.82) is 0 Å². The number of aryl methyl sites for hydroxylation is 1. The molecule has 0 spiro atoms. The number of hydrogen-bond donors (Lipinski definition) is 1. The van der Waals surface area contributed by atoms with Crippen molar-refractivity contribution in [3.63, 3.8) is 0 Å². The van der Waals surface area contributed by atoms with Gasteiger partial charge >= 0.3 is 0 Å². The number of nitrogens with zero attached hydrogens (tertiary/aromatic N) is 1. The first-order valence-corrected chi connectivity index (χ1v) is 5.17. The summed E-state index contributed by atoms with van der Waals surface area (Å²) in [6, 6.07) is 11.2. The summed E-state index contributed by atoms with van der Waals surface area (Å²) >= 11 is 0. The third-order valence-electron chi connectivity index (χ3n) is 2.41. The monoisotopic (exact) mass is 187 g/mol. The number of aliphatic imine (C=N–C) groups is 1. The standard InChI is InChI=1S/C12H15N2/c1-2-5-11(6-3-1)7-4-8-12-13-9-10-14-12/h2-3,5-6H,4,7-10H2,(H,13,14). The molecule has 73 valence electrons. The zero-order valence-electron chi connectivity index (χ0n) is 8.29. The first-order valence-electron chi connectivity index (χ1n) is 5.17. The van der Waals surface area contributed by atoms with E-state index in [1.165, 1.54) is 17.8 Å². The summed E-state index contributed by atoms with van der Waals surface area (Å²) in [7, 11) is 0. The van der Waals surface area contributed by atoms with E-state index in [2.05, 4.69) is 28.5 Å². The van der Waals surface area contributed by atoms with E-state index in [0.29, 0.717) is 0 Å². The second kappa shape index (κ2) is 4.80. The summed E-state index contributed by atoms with van der Waals surface area (Å²) in [5.41, 5.74) is 1.39. The first kappa shape index (κ1) is 9.25. The fraction of sp³-hybridized carbons (Fsp3) is 0.417. The van der Waals surface area contributed by atoms with Crippen LogP contribution in [0.2, 0.25) is 0 Å². The number of amidine groups is 1. The van der Waals surface area contributed by atoms with Crippen molar-refractivity contribution in [3.8, 4) is 0 Å². The van der Waals surface area contributed by atoms with Crippen LogP contribution in [0.1, 0.15) is 18.4 Å². The third kappa shape index (κ3) is 2.59. The molecule has 1 heterocycles. The zero-order valence-corrected chi connectivity index (χ0v) is 8.29. The van der Waals surface area contributed by atoms with Crippen LogP contribution < -0.4 is 5.32 Å². The van der Waals surface area contributed by atoms with Crippen LogP contribution in [0.3, 0.4) is 0 Å². The Morgan fingerprint density at radius 2 is 2.14 bits per heavy atom. The van der Waals surface area contributed by atoms with Crippen molar-refractivity contribution < 1.29 is 0 Å². The molecule has 14 heavy (non-hydrogen) atoms. The second-order valence-electron chi connectivity index (χ2n) is 3.52. The summed E-state index contributed by atoms with van der Waals surface area (Å²) in [5, 5.41) is 3.29. The molecule has 0 unspecified atom stereocenters. The molecule has 0 aliphatic carbocycles. The normalized spacial score (nSPS) is 15.0. The molecule has 2 nitrogen and oxygen atoms in total. The quantitative estimate of drug-likeness (QED) is 0.763. The number of hydrogen-bond acceptors (Lipinski definition) is 2. The first-order chi connectivity index (χ1) is 6.95. The van der Waals surface area contributed by atoms with Gasteiger partial charge in [0.05, 0.1) is 12.4 Å². The van der Waals surface area contributed by atoms with Crippen molar-refractivity contribution in [1.82, 2.24) is 5.32 Å². The molecule has 1 aromatic carbocycles. The van der Waals surface area contributed by atoms with Crippen LogP contribution in [0.5, 0.6) is 0 Å². The highest BCUT2D eigenvalue weighted by Crippen LogP contribution is 2.05. The average Bonchev–Trinajstić information content (AvgIpc) is 2.72. The van der Waals surface area contributed by atoms with Crippen molar-refractivity contribution >= 4 is 5.84 Å². The third-order valence-corrected chi connectivity index (χ3v) is 2.41. The van der Waals surface area contributed by atoms with Crippen molar-refractivity contribution in [3.05, 3.63) is 35.9 Å². The molecule has 1 N–H and O–H groups in total. The molecule has 2 rings (SSSR count). The molecule has 2 heteroatoms. The smallest absolute Gasteiger partial charge is 0.0964 e.